The smallest absolute Gasteiger partial charge is 0.321 e. The molecule has 146 valence electrons. The van der Waals surface area contributed by atoms with Gasteiger partial charge in [-0.3, -0.25) is 0 Å². The number of nitrogens with one attached hydrogen (secondary N) is 1. The van der Waals surface area contributed by atoms with E-state index in [1.54, 1.807) is 11.3 Å². The summed E-state index contributed by atoms with van der Waals surface area (Å²) >= 11 is 1.67. The first-order valence-electron chi connectivity index (χ1n) is 9.53. The number of anilines is 2. The lowest BCUT2D eigenvalue weighted by Gasteiger charge is -2.34. The monoisotopic (exact) mass is 396 g/mol. The van der Waals surface area contributed by atoms with Gasteiger partial charge in [-0.1, -0.05) is 29.0 Å². The first-order valence-corrected chi connectivity index (χ1v) is 10.3. The summed E-state index contributed by atoms with van der Waals surface area (Å²) in [6.45, 7) is 7.58. The summed E-state index contributed by atoms with van der Waals surface area (Å²) in [5, 5.41) is 3.98. The Morgan fingerprint density at radius 1 is 1.14 bits per heavy atom. The Hall–Kier alpha value is -2.80. The summed E-state index contributed by atoms with van der Waals surface area (Å²) in [7, 11) is 0. The van der Waals surface area contributed by atoms with Crippen LogP contribution in [0.4, 0.5) is 15.6 Å². The Kier molecular flexibility index (Phi) is 5.34. The van der Waals surface area contributed by atoms with Crippen molar-refractivity contribution in [1.82, 2.24) is 9.88 Å². The van der Waals surface area contributed by atoms with Crippen LogP contribution in [0.3, 0.4) is 0 Å². The van der Waals surface area contributed by atoms with Crippen LogP contribution in [0.15, 0.2) is 42.5 Å². The third-order valence-electron chi connectivity index (χ3n) is 4.80. The molecule has 0 spiro atoms. The molecule has 0 radical (unpaired) electrons. The van der Waals surface area contributed by atoms with Gasteiger partial charge in [0.1, 0.15) is 5.75 Å². The van der Waals surface area contributed by atoms with Crippen LogP contribution >= 0.6 is 11.3 Å². The molecular formula is C21H24N4O2S. The van der Waals surface area contributed by atoms with Gasteiger partial charge in [0.25, 0.3) is 0 Å². The zero-order chi connectivity index (χ0) is 19.5. The number of ether oxygens (including phenoxy) is 1. The van der Waals surface area contributed by atoms with Gasteiger partial charge in [0.05, 0.1) is 16.8 Å². The molecule has 1 aliphatic heterocycles. The molecule has 1 aromatic heterocycles. The fraction of sp³-hybridized carbons (Fsp3) is 0.333. The number of nitrogens with zero attached hydrogens (tertiary/aromatic N) is 3. The van der Waals surface area contributed by atoms with E-state index in [9.17, 15) is 4.79 Å². The van der Waals surface area contributed by atoms with Crippen LogP contribution in [0.25, 0.3) is 10.2 Å². The minimum Gasteiger partial charge on any atom is -0.494 e. The van der Waals surface area contributed by atoms with E-state index in [1.807, 2.05) is 61.2 Å². The lowest BCUT2D eigenvalue weighted by atomic mass is 10.2. The van der Waals surface area contributed by atoms with Gasteiger partial charge in [-0.05, 0) is 44.2 Å². The largest absolute Gasteiger partial charge is 0.494 e. The summed E-state index contributed by atoms with van der Waals surface area (Å²) in [6.07, 6.45) is 0. The Morgan fingerprint density at radius 3 is 2.61 bits per heavy atom. The average Bonchev–Trinajstić information content (AvgIpc) is 3.13. The van der Waals surface area contributed by atoms with E-state index in [0.29, 0.717) is 19.7 Å². The van der Waals surface area contributed by atoms with Crippen LogP contribution in [0.5, 0.6) is 5.75 Å². The van der Waals surface area contributed by atoms with Crippen LogP contribution in [0.2, 0.25) is 0 Å². The van der Waals surface area contributed by atoms with Crippen molar-refractivity contribution in [2.24, 2.45) is 0 Å². The molecule has 0 atom stereocenters. The second kappa shape index (κ2) is 8.06. The minimum atomic E-state index is -0.0471. The Balaban J connectivity index is 1.37. The van der Waals surface area contributed by atoms with Gasteiger partial charge >= 0.3 is 6.03 Å². The van der Waals surface area contributed by atoms with Gasteiger partial charge in [0.2, 0.25) is 0 Å². The maximum Gasteiger partial charge on any atom is 0.321 e. The van der Waals surface area contributed by atoms with E-state index < -0.39 is 0 Å². The van der Waals surface area contributed by atoms with Crippen molar-refractivity contribution in [2.75, 3.05) is 43.0 Å². The van der Waals surface area contributed by atoms with Crippen LogP contribution in [-0.2, 0) is 0 Å². The second-order valence-corrected chi connectivity index (χ2v) is 7.84. The van der Waals surface area contributed by atoms with E-state index in [1.165, 1.54) is 5.56 Å². The average molecular weight is 397 g/mol. The van der Waals surface area contributed by atoms with Crippen molar-refractivity contribution in [1.29, 1.82) is 0 Å². The quantitative estimate of drug-likeness (QED) is 0.712. The number of carbonyl (C=O) groups excluding carboxylic acids is 1. The number of carbonyl (C=O) groups is 1. The Labute approximate surface area is 168 Å². The van der Waals surface area contributed by atoms with Gasteiger partial charge in [-0.25, -0.2) is 9.78 Å². The molecule has 0 unspecified atom stereocenters. The molecule has 0 saturated carbocycles. The fourth-order valence-electron chi connectivity index (χ4n) is 3.22. The van der Waals surface area contributed by atoms with Gasteiger partial charge in [-0.15, -0.1) is 0 Å². The van der Waals surface area contributed by atoms with Gasteiger partial charge in [0.15, 0.2) is 5.13 Å². The minimum absolute atomic E-state index is 0.0471. The van der Waals surface area contributed by atoms with E-state index in [-0.39, 0.29) is 6.03 Å². The molecule has 3 aromatic rings. The lowest BCUT2D eigenvalue weighted by molar-refractivity contribution is 0.208. The number of thiazole rings is 1. The van der Waals surface area contributed by atoms with Gasteiger partial charge in [-0.2, -0.15) is 0 Å². The third kappa shape index (κ3) is 4.04. The number of urea groups is 1. The number of hydrogen-bond donors (Lipinski definition) is 1. The first kappa shape index (κ1) is 18.6. The van der Waals surface area contributed by atoms with E-state index >= 15 is 0 Å². The van der Waals surface area contributed by atoms with E-state index in [4.69, 9.17) is 9.72 Å². The Morgan fingerprint density at radius 2 is 1.89 bits per heavy atom. The normalized spacial score (nSPS) is 14.4. The molecule has 1 N–H and O–H groups in total. The number of benzene rings is 2. The predicted octanol–water partition coefficient (Wildman–Crippen LogP) is 4.36. The molecule has 1 aliphatic rings. The van der Waals surface area contributed by atoms with Crippen LogP contribution in [0, 0.1) is 6.92 Å². The number of aryl methyl sites for hydroxylation is 1. The second-order valence-electron chi connectivity index (χ2n) is 6.83. The lowest BCUT2D eigenvalue weighted by Crippen LogP contribution is -2.50. The zero-order valence-corrected chi connectivity index (χ0v) is 17.0. The summed E-state index contributed by atoms with van der Waals surface area (Å²) in [5.41, 5.74) is 2.99. The molecule has 7 heteroatoms. The number of amides is 2. The maximum absolute atomic E-state index is 12.5. The number of hydrogen-bond acceptors (Lipinski definition) is 5. The highest BCUT2D eigenvalue weighted by molar-refractivity contribution is 7.22. The number of fused-ring (bicyclic) bond motifs is 1. The van der Waals surface area contributed by atoms with Gasteiger partial charge < -0.3 is 19.9 Å². The molecule has 2 heterocycles. The third-order valence-corrected chi connectivity index (χ3v) is 5.88. The summed E-state index contributed by atoms with van der Waals surface area (Å²) in [4.78, 5) is 21.4. The topological polar surface area (TPSA) is 57.7 Å². The molecule has 0 bridgehead atoms. The molecule has 0 aliphatic carbocycles. The van der Waals surface area contributed by atoms with E-state index in [2.05, 4.69) is 10.2 Å². The molecule has 1 fully saturated rings. The molecule has 4 rings (SSSR count). The van der Waals surface area contributed by atoms with Crippen molar-refractivity contribution in [2.45, 2.75) is 13.8 Å². The molecule has 6 nitrogen and oxygen atoms in total. The van der Waals surface area contributed by atoms with Gasteiger partial charge in [0, 0.05) is 31.9 Å². The Bertz CT molecular complexity index is 962. The molecule has 2 amide bonds. The molecule has 1 saturated heterocycles. The van der Waals surface area contributed by atoms with Crippen LogP contribution in [0.1, 0.15) is 12.5 Å². The molecule has 2 aromatic carbocycles. The number of piperazine rings is 1. The first-order chi connectivity index (χ1) is 13.6. The maximum atomic E-state index is 12.5. The van der Waals surface area contributed by atoms with Crippen molar-refractivity contribution in [3.05, 3.63) is 48.0 Å². The zero-order valence-electron chi connectivity index (χ0n) is 16.1. The summed E-state index contributed by atoms with van der Waals surface area (Å²) < 4.78 is 6.70. The van der Waals surface area contributed by atoms with Crippen molar-refractivity contribution >= 4 is 38.4 Å². The highest BCUT2D eigenvalue weighted by Crippen LogP contribution is 2.32. The molecule has 28 heavy (non-hydrogen) atoms. The molecular weight excluding hydrogens is 372 g/mol. The standard InChI is InChI=1S/C21H24N4O2S/c1-3-27-17-8-9-18-19(14-17)28-21(23-18)25-12-10-24(11-13-25)20(26)22-16-6-4-15(2)5-7-16/h4-9,14H,3,10-13H2,1-2H3,(H,22,26). The summed E-state index contributed by atoms with van der Waals surface area (Å²) in [6, 6.07) is 13.8. The summed E-state index contributed by atoms with van der Waals surface area (Å²) in [5.74, 6) is 0.878. The highest BCUT2D eigenvalue weighted by atomic mass is 32.1. The predicted molar refractivity (Wildman–Crippen MR) is 115 cm³/mol. The van der Waals surface area contributed by atoms with E-state index in [0.717, 1.165) is 39.9 Å². The van der Waals surface area contributed by atoms with Crippen molar-refractivity contribution < 1.29 is 9.53 Å². The number of aromatic nitrogens is 1. The SMILES string of the molecule is CCOc1ccc2nc(N3CCN(C(=O)Nc4ccc(C)cc4)CC3)sc2c1. The van der Waals surface area contributed by atoms with Crippen molar-refractivity contribution in [3.63, 3.8) is 0 Å². The number of rotatable bonds is 4. The van der Waals surface area contributed by atoms with Crippen LogP contribution in [-0.4, -0.2) is 48.7 Å². The van der Waals surface area contributed by atoms with Crippen molar-refractivity contribution in [3.8, 4) is 5.75 Å². The fourth-order valence-corrected chi connectivity index (χ4v) is 4.27. The van der Waals surface area contributed by atoms with Crippen LogP contribution < -0.4 is 15.0 Å². The highest BCUT2D eigenvalue weighted by Gasteiger charge is 2.23.